The summed E-state index contributed by atoms with van der Waals surface area (Å²) < 4.78 is 16.0. The lowest BCUT2D eigenvalue weighted by molar-refractivity contribution is -0.141. The quantitative estimate of drug-likeness (QED) is 0.129. The van der Waals surface area contributed by atoms with Gasteiger partial charge >= 0.3 is 5.97 Å². The molecule has 4 atom stereocenters. The number of carboxylic acid groups (broad SMARTS) is 1. The van der Waals surface area contributed by atoms with Crippen LogP contribution in [0.1, 0.15) is 58.4 Å². The zero-order valence-electron chi connectivity index (χ0n) is 28.0. The number of rotatable bonds is 14. The molecule has 52 heavy (non-hydrogen) atoms. The van der Waals surface area contributed by atoms with Crippen molar-refractivity contribution in [3.8, 4) is 22.8 Å². The fourth-order valence-corrected chi connectivity index (χ4v) is 6.86. The smallest absolute Gasteiger partial charge is 0.326 e. The number of oxazole rings is 1. The monoisotopic (exact) mass is 748 g/mol. The molecule has 270 valence electrons. The summed E-state index contributed by atoms with van der Waals surface area (Å²) in [6.07, 6.45) is 0.996. The Hall–Kier alpha value is -5.24. The minimum absolute atomic E-state index is 0.0568. The molecular formula is C37H34Cl2N4O9. The number of carboxylic acids is 1. The maximum Gasteiger partial charge on any atom is 0.326 e. The molecule has 2 heterocycles. The Morgan fingerprint density at radius 2 is 1.67 bits per heavy atom. The topological polar surface area (TPSA) is 186 Å². The van der Waals surface area contributed by atoms with Gasteiger partial charge in [-0.15, -0.1) is 0 Å². The van der Waals surface area contributed by atoms with E-state index in [0.29, 0.717) is 39.1 Å². The molecule has 0 fully saturated rings. The number of nitrogens with one attached hydrogen (secondary N) is 3. The van der Waals surface area contributed by atoms with Crippen LogP contribution in [0.25, 0.3) is 11.3 Å². The molecule has 6 rings (SSSR count). The number of Topliss-reactive ketones (excluding diaryl/α,β-unsaturated/α-hetero) is 2. The van der Waals surface area contributed by atoms with Gasteiger partial charge in [0, 0.05) is 33.6 Å². The van der Waals surface area contributed by atoms with Crippen LogP contribution < -0.4 is 25.4 Å². The van der Waals surface area contributed by atoms with Gasteiger partial charge < -0.3 is 34.9 Å². The van der Waals surface area contributed by atoms with Crippen LogP contribution in [0.2, 0.25) is 10.0 Å². The first-order valence-corrected chi connectivity index (χ1v) is 17.2. The normalized spacial score (nSPS) is 16.9. The largest absolute Gasteiger partial charge is 0.480 e. The highest BCUT2D eigenvalue weighted by Gasteiger charge is 2.41. The van der Waals surface area contributed by atoms with Gasteiger partial charge in [0.05, 0.1) is 18.5 Å². The third-order valence-electron chi connectivity index (χ3n) is 8.88. The maximum atomic E-state index is 14.3. The standard InChI is InChI=1S/C37H34Cl2N4O9/c1-18(2)33(43-35(47)20-7-8-29-30(12-20)52-17-51-29)34(46)32-24-6-4-3-5-19(24)11-25(32)40-15-31(45)41-26(37(48)49)14-28(44)36-42-27(16-50-36)21-9-22(38)13-23(39)10-21/h3-10,12-13,16,18,25-26,32-33,40H,11,14-15,17H2,1-2H3,(H,41,45)(H,43,47)(H,48,49)/t25?,26-,32?,33-/m0/s1. The van der Waals surface area contributed by atoms with Crippen LogP contribution in [0.4, 0.5) is 0 Å². The van der Waals surface area contributed by atoms with Gasteiger partial charge in [-0.25, -0.2) is 9.78 Å². The Morgan fingerprint density at radius 1 is 0.942 bits per heavy atom. The number of carbonyl (C=O) groups is 5. The molecule has 2 unspecified atom stereocenters. The van der Waals surface area contributed by atoms with Crippen LogP contribution >= 0.6 is 23.2 Å². The summed E-state index contributed by atoms with van der Waals surface area (Å²) in [4.78, 5) is 69.8. The Balaban J connectivity index is 1.11. The van der Waals surface area contributed by atoms with Crippen molar-refractivity contribution in [2.45, 2.75) is 50.7 Å². The second kappa shape index (κ2) is 15.6. The Labute approximate surface area is 308 Å². The van der Waals surface area contributed by atoms with E-state index < -0.39 is 54.0 Å². The van der Waals surface area contributed by atoms with Crippen molar-refractivity contribution >= 4 is 52.6 Å². The molecule has 0 radical (unpaired) electrons. The van der Waals surface area contributed by atoms with Crippen LogP contribution in [0.5, 0.6) is 11.5 Å². The lowest BCUT2D eigenvalue weighted by atomic mass is 9.85. The number of ether oxygens (including phenoxy) is 2. The summed E-state index contributed by atoms with van der Waals surface area (Å²) in [7, 11) is 0. The number of aromatic nitrogens is 1. The molecule has 0 saturated heterocycles. The summed E-state index contributed by atoms with van der Waals surface area (Å²) in [6.45, 7) is 3.37. The highest BCUT2D eigenvalue weighted by Crippen LogP contribution is 2.36. The van der Waals surface area contributed by atoms with Crippen LogP contribution in [0.15, 0.2) is 71.3 Å². The van der Waals surface area contributed by atoms with E-state index in [2.05, 4.69) is 20.9 Å². The number of carbonyl (C=O) groups excluding carboxylic acids is 4. The minimum Gasteiger partial charge on any atom is -0.480 e. The SMILES string of the molecule is CC(C)[C@H](NC(=O)c1ccc2c(c1)OCO2)C(=O)C1c2ccccc2CC1NCC(=O)N[C@@H](CC(=O)c1nc(-c2cc(Cl)cc(Cl)c2)co1)C(=O)O. The summed E-state index contributed by atoms with van der Waals surface area (Å²) in [5.74, 6) is -3.98. The van der Waals surface area contributed by atoms with E-state index in [1.54, 1.807) is 30.3 Å². The van der Waals surface area contributed by atoms with Gasteiger partial charge in [-0.05, 0) is 59.9 Å². The van der Waals surface area contributed by atoms with Gasteiger partial charge in [0.25, 0.3) is 11.8 Å². The molecule has 1 aliphatic heterocycles. The number of amides is 2. The van der Waals surface area contributed by atoms with Crippen LogP contribution in [0.3, 0.4) is 0 Å². The van der Waals surface area contributed by atoms with E-state index in [-0.39, 0.29) is 36.6 Å². The number of fused-ring (bicyclic) bond motifs is 2. The molecule has 2 aliphatic rings. The van der Waals surface area contributed by atoms with Crippen molar-refractivity contribution < 1.29 is 43.0 Å². The van der Waals surface area contributed by atoms with E-state index in [0.717, 1.165) is 11.1 Å². The Morgan fingerprint density at radius 3 is 2.40 bits per heavy atom. The second-order valence-electron chi connectivity index (χ2n) is 12.8. The van der Waals surface area contributed by atoms with Crippen LogP contribution in [-0.2, 0) is 20.8 Å². The lowest BCUT2D eigenvalue weighted by Gasteiger charge is -2.28. The zero-order chi connectivity index (χ0) is 37.1. The van der Waals surface area contributed by atoms with Crippen molar-refractivity contribution in [2.24, 2.45) is 5.92 Å². The van der Waals surface area contributed by atoms with E-state index in [1.165, 1.54) is 12.3 Å². The second-order valence-corrected chi connectivity index (χ2v) is 13.7. The molecule has 1 aliphatic carbocycles. The number of benzene rings is 3. The molecule has 0 bridgehead atoms. The van der Waals surface area contributed by atoms with Crippen LogP contribution in [-0.4, -0.2) is 70.9 Å². The van der Waals surface area contributed by atoms with Gasteiger partial charge in [-0.2, -0.15) is 0 Å². The zero-order valence-corrected chi connectivity index (χ0v) is 29.5. The summed E-state index contributed by atoms with van der Waals surface area (Å²) in [5.41, 5.74) is 2.74. The molecule has 4 N–H and O–H groups in total. The first kappa shape index (κ1) is 36.5. The summed E-state index contributed by atoms with van der Waals surface area (Å²) >= 11 is 12.1. The van der Waals surface area contributed by atoms with Crippen molar-refractivity contribution in [1.82, 2.24) is 20.9 Å². The molecule has 15 heteroatoms. The van der Waals surface area contributed by atoms with Crippen LogP contribution in [0, 0.1) is 5.92 Å². The average Bonchev–Trinajstić information content (AvgIpc) is 3.87. The third kappa shape index (κ3) is 8.12. The number of nitrogens with zero attached hydrogens (tertiary/aromatic N) is 1. The van der Waals surface area contributed by atoms with Crippen molar-refractivity contribution in [3.63, 3.8) is 0 Å². The van der Waals surface area contributed by atoms with Crippen molar-refractivity contribution in [2.75, 3.05) is 13.3 Å². The molecule has 0 saturated carbocycles. The van der Waals surface area contributed by atoms with E-state index in [4.69, 9.17) is 37.1 Å². The number of ketones is 2. The Bertz CT molecular complexity index is 2030. The van der Waals surface area contributed by atoms with Gasteiger partial charge in [0.2, 0.25) is 18.5 Å². The van der Waals surface area contributed by atoms with E-state index in [9.17, 15) is 29.1 Å². The number of hydrogen-bond donors (Lipinski definition) is 4. The summed E-state index contributed by atoms with van der Waals surface area (Å²) in [5, 5.41) is 18.9. The maximum absolute atomic E-state index is 14.3. The minimum atomic E-state index is -1.59. The molecule has 3 aromatic carbocycles. The Kier molecular flexibility index (Phi) is 10.9. The highest BCUT2D eigenvalue weighted by molar-refractivity contribution is 6.35. The first-order valence-electron chi connectivity index (χ1n) is 16.4. The predicted octanol–water partition coefficient (Wildman–Crippen LogP) is 4.84. The molecule has 13 nitrogen and oxygen atoms in total. The highest BCUT2D eigenvalue weighted by atomic mass is 35.5. The third-order valence-corrected chi connectivity index (χ3v) is 9.32. The first-order chi connectivity index (χ1) is 24.9. The van der Waals surface area contributed by atoms with E-state index >= 15 is 0 Å². The number of hydrogen-bond acceptors (Lipinski definition) is 10. The van der Waals surface area contributed by atoms with Gasteiger partial charge in [0.1, 0.15) is 18.0 Å². The van der Waals surface area contributed by atoms with Gasteiger partial charge in [-0.3, -0.25) is 19.2 Å². The summed E-state index contributed by atoms with van der Waals surface area (Å²) in [6, 6.07) is 13.9. The fourth-order valence-electron chi connectivity index (χ4n) is 6.34. The molecule has 4 aromatic rings. The molecule has 0 spiro atoms. The van der Waals surface area contributed by atoms with Crippen molar-refractivity contribution in [3.05, 3.63) is 99.6 Å². The predicted molar refractivity (Wildman–Crippen MR) is 189 cm³/mol. The van der Waals surface area contributed by atoms with Gasteiger partial charge in [-0.1, -0.05) is 61.3 Å². The van der Waals surface area contributed by atoms with E-state index in [1.807, 2.05) is 38.1 Å². The fraction of sp³-hybridized carbons (Fsp3) is 0.297. The van der Waals surface area contributed by atoms with Crippen molar-refractivity contribution in [1.29, 1.82) is 0 Å². The van der Waals surface area contributed by atoms with Gasteiger partial charge in [0.15, 0.2) is 17.3 Å². The molecule has 1 aromatic heterocycles. The average molecular weight is 750 g/mol. The lowest BCUT2D eigenvalue weighted by Crippen LogP contribution is -2.51. The number of aliphatic carboxylic acids is 1. The molecule has 2 amide bonds. The number of halogens is 2. The molecular weight excluding hydrogens is 715 g/mol.